The van der Waals surface area contributed by atoms with Gasteiger partial charge in [0.15, 0.2) is 10.8 Å². The molecule has 0 aliphatic rings. The summed E-state index contributed by atoms with van der Waals surface area (Å²) in [5.41, 5.74) is 0.142. The van der Waals surface area contributed by atoms with Crippen LogP contribution in [0.5, 0.6) is 0 Å². The molecule has 0 spiro atoms. The topological polar surface area (TPSA) is 64.8 Å². The van der Waals surface area contributed by atoms with Crippen molar-refractivity contribution in [3.8, 4) is 0 Å². The monoisotopic (exact) mass is 327 g/mol. The van der Waals surface area contributed by atoms with Crippen LogP contribution in [0.2, 0.25) is 10.3 Å². The lowest BCUT2D eigenvalue weighted by atomic mass is 10.4. The number of nitrogens with zero attached hydrogens (tertiary/aromatic N) is 3. The molecule has 0 amide bonds. The fourth-order valence-corrected chi connectivity index (χ4v) is 3.84. The first-order chi connectivity index (χ1) is 9.50. The fraction of sp³-hybridized carbons (Fsp3) is 0. The van der Waals surface area contributed by atoms with Crippen LogP contribution in [-0.2, 0) is 10.0 Å². The van der Waals surface area contributed by atoms with E-state index >= 15 is 0 Å². The molecule has 0 N–H and O–H groups in total. The van der Waals surface area contributed by atoms with Gasteiger partial charge in [-0.15, -0.1) is 10.2 Å². The molecule has 20 heavy (non-hydrogen) atoms. The van der Waals surface area contributed by atoms with E-state index in [-0.39, 0.29) is 20.8 Å². The third kappa shape index (κ3) is 2.06. The molecule has 8 heteroatoms. The lowest BCUT2D eigenvalue weighted by molar-refractivity contribution is 0.588. The molecule has 0 radical (unpaired) electrons. The standard InChI is InChI=1S/C12H7Cl2N3O2S/c13-10-6-8-7-11(14)17(12(8)16-15-10)20(18,19)9-4-2-1-3-5-9/h1-7H. The van der Waals surface area contributed by atoms with E-state index in [1.54, 1.807) is 18.2 Å². The zero-order valence-corrected chi connectivity index (χ0v) is 12.2. The summed E-state index contributed by atoms with van der Waals surface area (Å²) in [7, 11) is -3.83. The summed E-state index contributed by atoms with van der Waals surface area (Å²) in [6, 6.07) is 11.0. The molecule has 0 fully saturated rings. The van der Waals surface area contributed by atoms with E-state index in [0.717, 1.165) is 3.97 Å². The smallest absolute Gasteiger partial charge is 0.204 e. The SMILES string of the molecule is O=S(=O)(c1ccccc1)n1c(Cl)cc2cc(Cl)nnc21. The Kier molecular flexibility index (Phi) is 3.16. The molecule has 0 bridgehead atoms. The van der Waals surface area contributed by atoms with Crippen molar-refractivity contribution >= 4 is 44.3 Å². The van der Waals surface area contributed by atoms with Gasteiger partial charge in [0.2, 0.25) is 0 Å². The summed E-state index contributed by atoms with van der Waals surface area (Å²) in [5.74, 6) is 0. The molecule has 0 saturated heterocycles. The van der Waals surface area contributed by atoms with Gasteiger partial charge in [0.1, 0.15) is 5.15 Å². The van der Waals surface area contributed by atoms with Gasteiger partial charge in [0.05, 0.1) is 4.90 Å². The number of benzene rings is 1. The second-order valence-corrected chi connectivity index (χ2v) is 6.56. The molecule has 0 aliphatic carbocycles. The average molecular weight is 328 g/mol. The molecule has 0 atom stereocenters. The van der Waals surface area contributed by atoms with Gasteiger partial charge in [-0.1, -0.05) is 41.4 Å². The van der Waals surface area contributed by atoms with Crippen LogP contribution in [0, 0.1) is 0 Å². The van der Waals surface area contributed by atoms with Gasteiger partial charge in [-0.05, 0) is 24.3 Å². The van der Waals surface area contributed by atoms with E-state index in [1.807, 2.05) is 0 Å². The van der Waals surface area contributed by atoms with Crippen LogP contribution in [0.4, 0.5) is 0 Å². The van der Waals surface area contributed by atoms with Crippen molar-refractivity contribution in [3.05, 3.63) is 52.8 Å². The fourth-order valence-electron chi connectivity index (χ4n) is 1.85. The summed E-state index contributed by atoms with van der Waals surface area (Å²) >= 11 is 11.8. The zero-order valence-electron chi connectivity index (χ0n) is 9.86. The van der Waals surface area contributed by atoms with E-state index in [4.69, 9.17) is 23.2 Å². The van der Waals surface area contributed by atoms with E-state index in [9.17, 15) is 8.42 Å². The maximum absolute atomic E-state index is 12.6. The Morgan fingerprint density at radius 1 is 1.00 bits per heavy atom. The molecule has 102 valence electrons. The number of aromatic nitrogens is 3. The highest BCUT2D eigenvalue weighted by Crippen LogP contribution is 2.27. The van der Waals surface area contributed by atoms with Crippen molar-refractivity contribution in [2.45, 2.75) is 4.90 Å². The lowest BCUT2D eigenvalue weighted by Gasteiger charge is -2.07. The van der Waals surface area contributed by atoms with Crippen LogP contribution < -0.4 is 0 Å². The van der Waals surface area contributed by atoms with Crippen LogP contribution in [0.15, 0.2) is 47.4 Å². The van der Waals surface area contributed by atoms with Gasteiger partial charge in [-0.25, -0.2) is 12.4 Å². The molecule has 0 aliphatic heterocycles. The first-order valence-electron chi connectivity index (χ1n) is 5.51. The third-order valence-electron chi connectivity index (χ3n) is 2.72. The highest BCUT2D eigenvalue weighted by atomic mass is 35.5. The second kappa shape index (κ2) is 4.73. The molecule has 2 heterocycles. The minimum absolute atomic E-state index is 0.0282. The summed E-state index contributed by atoms with van der Waals surface area (Å²) in [6.45, 7) is 0. The molecule has 0 saturated carbocycles. The van der Waals surface area contributed by atoms with Crippen LogP contribution >= 0.6 is 23.2 Å². The first-order valence-corrected chi connectivity index (χ1v) is 7.70. The Bertz CT molecular complexity index is 892. The Balaban J connectivity index is 2.32. The summed E-state index contributed by atoms with van der Waals surface area (Å²) < 4.78 is 26.1. The number of fused-ring (bicyclic) bond motifs is 1. The van der Waals surface area contributed by atoms with Gasteiger partial charge in [-0.2, -0.15) is 0 Å². The molecule has 0 unspecified atom stereocenters. The maximum Gasteiger partial charge on any atom is 0.270 e. The van der Waals surface area contributed by atoms with E-state index in [2.05, 4.69) is 10.2 Å². The van der Waals surface area contributed by atoms with E-state index in [0.29, 0.717) is 5.39 Å². The summed E-state index contributed by atoms with van der Waals surface area (Å²) in [4.78, 5) is 0.121. The Labute approximate surface area is 124 Å². The van der Waals surface area contributed by atoms with E-state index in [1.165, 1.54) is 24.3 Å². The summed E-state index contributed by atoms with van der Waals surface area (Å²) in [5, 5.41) is 8.18. The quantitative estimate of drug-likeness (QED) is 0.725. The van der Waals surface area contributed by atoms with Gasteiger partial charge in [0, 0.05) is 5.39 Å². The predicted octanol–water partition coefficient (Wildman–Crippen LogP) is 2.98. The normalized spacial score (nSPS) is 11.9. The highest BCUT2D eigenvalue weighted by molar-refractivity contribution is 7.90. The first kappa shape index (κ1) is 13.4. The Morgan fingerprint density at radius 2 is 1.70 bits per heavy atom. The van der Waals surface area contributed by atoms with Crippen LogP contribution in [0.1, 0.15) is 0 Å². The number of rotatable bonds is 2. The average Bonchev–Trinajstić information content (AvgIpc) is 2.75. The van der Waals surface area contributed by atoms with Crippen molar-refractivity contribution < 1.29 is 8.42 Å². The molecular formula is C12H7Cl2N3O2S. The van der Waals surface area contributed by atoms with Crippen molar-refractivity contribution in [1.29, 1.82) is 0 Å². The number of halogens is 2. The van der Waals surface area contributed by atoms with Gasteiger partial charge in [-0.3, -0.25) is 0 Å². The summed E-state index contributed by atoms with van der Waals surface area (Å²) in [6.07, 6.45) is 0. The lowest BCUT2D eigenvalue weighted by Crippen LogP contribution is -2.13. The third-order valence-corrected chi connectivity index (χ3v) is 5.00. The number of hydrogen-bond donors (Lipinski definition) is 0. The largest absolute Gasteiger partial charge is 0.270 e. The van der Waals surface area contributed by atoms with Crippen molar-refractivity contribution in [2.24, 2.45) is 0 Å². The van der Waals surface area contributed by atoms with Crippen molar-refractivity contribution in [3.63, 3.8) is 0 Å². The Hall–Kier alpha value is -1.63. The minimum Gasteiger partial charge on any atom is -0.204 e. The maximum atomic E-state index is 12.6. The van der Waals surface area contributed by atoms with Crippen LogP contribution in [-0.4, -0.2) is 22.6 Å². The molecule has 5 nitrogen and oxygen atoms in total. The number of hydrogen-bond acceptors (Lipinski definition) is 4. The van der Waals surface area contributed by atoms with Crippen molar-refractivity contribution in [1.82, 2.24) is 14.2 Å². The van der Waals surface area contributed by atoms with Crippen LogP contribution in [0.25, 0.3) is 11.0 Å². The zero-order chi connectivity index (χ0) is 14.3. The predicted molar refractivity (Wildman–Crippen MR) is 76.6 cm³/mol. The highest BCUT2D eigenvalue weighted by Gasteiger charge is 2.23. The minimum atomic E-state index is -3.83. The molecule has 1 aromatic carbocycles. The van der Waals surface area contributed by atoms with E-state index < -0.39 is 10.0 Å². The van der Waals surface area contributed by atoms with Gasteiger partial charge >= 0.3 is 0 Å². The van der Waals surface area contributed by atoms with Crippen LogP contribution in [0.3, 0.4) is 0 Å². The van der Waals surface area contributed by atoms with Gasteiger partial charge in [0.25, 0.3) is 10.0 Å². The van der Waals surface area contributed by atoms with Crippen molar-refractivity contribution in [2.75, 3.05) is 0 Å². The Morgan fingerprint density at radius 3 is 2.40 bits per heavy atom. The second-order valence-electron chi connectivity index (χ2n) is 4.00. The molecular weight excluding hydrogens is 321 g/mol. The van der Waals surface area contributed by atoms with Gasteiger partial charge < -0.3 is 0 Å². The molecule has 2 aromatic heterocycles. The molecule has 3 aromatic rings. The molecule has 3 rings (SSSR count).